The van der Waals surface area contributed by atoms with E-state index in [9.17, 15) is 9.90 Å². The summed E-state index contributed by atoms with van der Waals surface area (Å²) >= 11 is 0. The van der Waals surface area contributed by atoms with E-state index in [1.807, 2.05) is 0 Å². The number of carboxylic acids is 1. The fourth-order valence-corrected chi connectivity index (χ4v) is 3.66. The molecule has 0 amide bonds. The zero-order chi connectivity index (χ0) is 20.3. The van der Waals surface area contributed by atoms with Gasteiger partial charge in [-0.3, -0.25) is 4.90 Å². The molecule has 0 saturated carbocycles. The number of nitrogens with zero attached hydrogens (tertiary/aromatic N) is 1. The van der Waals surface area contributed by atoms with E-state index in [0.29, 0.717) is 12.1 Å². The van der Waals surface area contributed by atoms with Crippen LogP contribution in [0, 0.1) is 0 Å². The molecule has 0 aromatic heterocycles. The largest absolute Gasteiger partial charge is 1.00 e. The first-order chi connectivity index (χ1) is 13.1. The molecule has 2 atom stereocenters. The normalized spacial score (nSPS) is 13.9. The molecule has 158 valence electrons. The van der Waals surface area contributed by atoms with Crippen molar-refractivity contribution >= 4 is 5.97 Å². The Morgan fingerprint density at radius 2 is 1.18 bits per heavy atom. The summed E-state index contributed by atoms with van der Waals surface area (Å²) in [7, 11) is 0. The van der Waals surface area contributed by atoms with E-state index in [4.69, 9.17) is 0 Å². The van der Waals surface area contributed by atoms with Gasteiger partial charge < -0.3 is 9.90 Å². The van der Waals surface area contributed by atoms with Crippen molar-refractivity contribution in [1.29, 1.82) is 0 Å². The van der Waals surface area contributed by atoms with Crippen LogP contribution in [0.4, 0.5) is 0 Å². The maximum absolute atomic E-state index is 11.4. The average molecular weight is 402 g/mol. The fourth-order valence-electron chi connectivity index (χ4n) is 3.66. The Morgan fingerprint density at radius 3 is 1.50 bits per heavy atom. The van der Waals surface area contributed by atoms with Crippen molar-refractivity contribution in [3.63, 3.8) is 0 Å². The van der Waals surface area contributed by atoms with Gasteiger partial charge in [0, 0.05) is 18.6 Å². The van der Waals surface area contributed by atoms with Gasteiger partial charge in [-0.2, -0.15) is 0 Å². The monoisotopic (exact) mass is 401 g/mol. The van der Waals surface area contributed by atoms with E-state index in [2.05, 4.69) is 56.9 Å². The molecule has 0 heterocycles. The van der Waals surface area contributed by atoms with Gasteiger partial charge in [0.25, 0.3) is 0 Å². The van der Waals surface area contributed by atoms with Crippen LogP contribution in [-0.4, -0.2) is 29.5 Å². The SMILES string of the molecule is CCC/C=C/CCCC(CC)N(CC(=O)[O-])C(CC)CCC/C=C/CCC.[Na+]. The molecule has 0 rings (SSSR count). The second-order valence-electron chi connectivity index (χ2n) is 7.55. The summed E-state index contributed by atoms with van der Waals surface area (Å²) in [5.74, 6) is -0.947. The predicted molar refractivity (Wildman–Crippen MR) is 116 cm³/mol. The van der Waals surface area contributed by atoms with Gasteiger partial charge in [0.15, 0.2) is 0 Å². The molecule has 0 spiro atoms. The van der Waals surface area contributed by atoms with Gasteiger partial charge in [0.1, 0.15) is 0 Å². The van der Waals surface area contributed by atoms with Crippen molar-refractivity contribution < 1.29 is 39.5 Å². The van der Waals surface area contributed by atoms with Crippen LogP contribution in [0.25, 0.3) is 0 Å². The van der Waals surface area contributed by atoms with E-state index in [1.54, 1.807) is 0 Å². The molecule has 0 saturated heterocycles. The second kappa shape index (κ2) is 21.6. The minimum atomic E-state index is -0.947. The van der Waals surface area contributed by atoms with E-state index in [1.165, 1.54) is 12.8 Å². The summed E-state index contributed by atoms with van der Waals surface area (Å²) in [6.07, 6.45) is 22.3. The van der Waals surface area contributed by atoms with Crippen LogP contribution in [0.1, 0.15) is 105 Å². The number of unbranched alkanes of at least 4 members (excludes halogenated alkanes) is 4. The Hall–Kier alpha value is -0.0900. The van der Waals surface area contributed by atoms with Crippen molar-refractivity contribution in [3.05, 3.63) is 24.3 Å². The maximum Gasteiger partial charge on any atom is 1.00 e. The minimum Gasteiger partial charge on any atom is -0.549 e. The van der Waals surface area contributed by atoms with Crippen LogP contribution < -0.4 is 34.7 Å². The number of hydrogen-bond donors (Lipinski definition) is 0. The number of carbonyl (C=O) groups excluding carboxylic acids is 1. The molecule has 0 fully saturated rings. The van der Waals surface area contributed by atoms with Gasteiger partial charge in [-0.15, -0.1) is 0 Å². The Balaban J connectivity index is 0. The average Bonchev–Trinajstić information content (AvgIpc) is 2.65. The van der Waals surface area contributed by atoms with Gasteiger partial charge in [-0.25, -0.2) is 0 Å². The minimum absolute atomic E-state index is 0. The van der Waals surface area contributed by atoms with Crippen LogP contribution in [0.3, 0.4) is 0 Å². The van der Waals surface area contributed by atoms with Crippen LogP contribution in [0.5, 0.6) is 0 Å². The maximum atomic E-state index is 11.4. The molecule has 0 aliphatic carbocycles. The molecular formula is C24H44NNaO2. The molecule has 0 bridgehead atoms. The van der Waals surface area contributed by atoms with Gasteiger partial charge in [-0.05, 0) is 64.2 Å². The number of carboxylic acid groups (broad SMARTS) is 1. The standard InChI is InChI=1S/C24H45NO2.Na/c1-5-9-11-13-15-17-19-22(7-3)25(21-24(26)27)23(8-4)20-18-16-14-12-10-6-2;/h11-14,22-23H,5-10,15-21H2,1-4H3,(H,26,27);/q;+1/p-1/b13-11+,14-12+;. The molecule has 3 nitrogen and oxygen atoms in total. The van der Waals surface area contributed by atoms with Crippen molar-refractivity contribution in [2.24, 2.45) is 0 Å². The van der Waals surface area contributed by atoms with Gasteiger partial charge in [0.05, 0.1) is 5.97 Å². The number of hydrogen-bond acceptors (Lipinski definition) is 3. The van der Waals surface area contributed by atoms with Crippen molar-refractivity contribution in [2.75, 3.05) is 6.54 Å². The van der Waals surface area contributed by atoms with Gasteiger partial charge in [-0.1, -0.05) is 64.8 Å². The van der Waals surface area contributed by atoms with Crippen molar-refractivity contribution in [2.45, 2.75) is 117 Å². The van der Waals surface area contributed by atoms with E-state index in [-0.39, 0.29) is 36.1 Å². The van der Waals surface area contributed by atoms with E-state index >= 15 is 0 Å². The summed E-state index contributed by atoms with van der Waals surface area (Å²) in [6, 6.07) is 0.672. The fraction of sp³-hybridized carbons (Fsp3) is 0.792. The van der Waals surface area contributed by atoms with Crippen LogP contribution in [0.2, 0.25) is 0 Å². The summed E-state index contributed by atoms with van der Waals surface area (Å²) in [5.41, 5.74) is 0. The first-order valence-electron chi connectivity index (χ1n) is 11.4. The smallest absolute Gasteiger partial charge is 0.549 e. The predicted octanol–water partition coefficient (Wildman–Crippen LogP) is 2.65. The molecule has 0 aromatic rings. The van der Waals surface area contributed by atoms with E-state index in [0.717, 1.165) is 64.2 Å². The third kappa shape index (κ3) is 15.8. The summed E-state index contributed by atoms with van der Waals surface area (Å²) in [4.78, 5) is 13.6. The van der Waals surface area contributed by atoms with Crippen LogP contribution >= 0.6 is 0 Å². The first-order valence-corrected chi connectivity index (χ1v) is 11.4. The summed E-state index contributed by atoms with van der Waals surface area (Å²) in [6.45, 7) is 8.81. The van der Waals surface area contributed by atoms with Gasteiger partial charge >= 0.3 is 29.6 Å². The van der Waals surface area contributed by atoms with Crippen molar-refractivity contribution in [3.8, 4) is 0 Å². The molecular weight excluding hydrogens is 357 g/mol. The van der Waals surface area contributed by atoms with E-state index < -0.39 is 5.97 Å². The number of rotatable bonds is 18. The number of allylic oxidation sites excluding steroid dienone is 4. The molecule has 2 unspecified atom stereocenters. The molecule has 0 N–H and O–H groups in total. The topological polar surface area (TPSA) is 43.4 Å². The third-order valence-corrected chi connectivity index (χ3v) is 5.25. The Labute approximate surface area is 197 Å². The number of carbonyl (C=O) groups is 1. The molecule has 0 aliphatic rings. The third-order valence-electron chi connectivity index (χ3n) is 5.25. The summed E-state index contributed by atoms with van der Waals surface area (Å²) < 4.78 is 0. The Kier molecular flexibility index (Phi) is 23.2. The molecule has 28 heavy (non-hydrogen) atoms. The number of aliphatic carboxylic acids is 1. The van der Waals surface area contributed by atoms with Gasteiger partial charge in [0.2, 0.25) is 0 Å². The Morgan fingerprint density at radius 1 is 0.786 bits per heavy atom. The Bertz CT molecular complexity index is 379. The second-order valence-corrected chi connectivity index (χ2v) is 7.55. The molecule has 0 radical (unpaired) electrons. The van der Waals surface area contributed by atoms with Crippen LogP contribution in [-0.2, 0) is 4.79 Å². The zero-order valence-corrected chi connectivity index (χ0v) is 21.4. The molecule has 4 heteroatoms. The zero-order valence-electron chi connectivity index (χ0n) is 19.4. The van der Waals surface area contributed by atoms with Crippen molar-refractivity contribution in [1.82, 2.24) is 4.90 Å². The first kappa shape index (κ1) is 30.1. The summed E-state index contributed by atoms with van der Waals surface area (Å²) in [5, 5.41) is 11.4. The molecule has 0 aliphatic heterocycles. The van der Waals surface area contributed by atoms with Crippen LogP contribution in [0.15, 0.2) is 24.3 Å². The molecule has 0 aromatic carbocycles. The quantitative estimate of drug-likeness (QED) is 0.201.